The summed E-state index contributed by atoms with van der Waals surface area (Å²) in [5.74, 6) is 0.944. The number of carboxylic acid groups (broad SMARTS) is 1. The van der Waals surface area contributed by atoms with E-state index in [2.05, 4.69) is 91.0 Å². The molecule has 2 aliphatic heterocycles. The van der Waals surface area contributed by atoms with Crippen molar-refractivity contribution in [2.45, 2.75) is 5.41 Å². The molecule has 0 unspecified atom stereocenters. The van der Waals surface area contributed by atoms with Gasteiger partial charge >= 0.3 is 5.97 Å². The summed E-state index contributed by atoms with van der Waals surface area (Å²) in [6.07, 6.45) is 1.34. The standard InChI is InChI=1S/C41H25NO6S2/c42-21-23(40(43)44)20-32-33-34(46-16-15-45-33)38(49-32)39-36-35(47-17-18-48-36)37(50-39)22-13-14-27-26-9-3-6-12-30(26)41(31(27)19-22)28-10-4-1-7-24(28)25-8-2-5-11-29(25)41/h1-14,19-20H,15-18H2,(H,43,44)/b23-20+. The van der Waals surface area contributed by atoms with Gasteiger partial charge in [-0.3, -0.25) is 0 Å². The average Bonchev–Trinajstić information content (AvgIpc) is 3.89. The maximum Gasteiger partial charge on any atom is 0.346 e. The Morgan fingerprint density at radius 2 is 1.12 bits per heavy atom. The van der Waals surface area contributed by atoms with Crippen LogP contribution in [0.15, 0.2) is 96.6 Å². The van der Waals surface area contributed by atoms with E-state index in [0.717, 1.165) is 20.2 Å². The minimum absolute atomic E-state index is 0.317. The number of hydrogen-bond acceptors (Lipinski definition) is 8. The van der Waals surface area contributed by atoms with E-state index in [1.165, 1.54) is 61.9 Å². The zero-order chi connectivity index (χ0) is 33.6. The van der Waals surface area contributed by atoms with Crippen molar-refractivity contribution < 1.29 is 28.8 Å². The van der Waals surface area contributed by atoms with Crippen LogP contribution in [0.4, 0.5) is 0 Å². The summed E-state index contributed by atoms with van der Waals surface area (Å²) in [5.41, 5.74) is 10.1. The fraction of sp³-hybridized carbons (Fsp3) is 0.122. The Hall–Kier alpha value is -5.82. The number of thiophene rings is 2. The Bertz CT molecular complexity index is 2450. The van der Waals surface area contributed by atoms with Crippen molar-refractivity contribution >= 4 is 34.7 Å². The van der Waals surface area contributed by atoms with E-state index in [4.69, 9.17) is 18.9 Å². The molecule has 4 aliphatic rings. The van der Waals surface area contributed by atoms with Gasteiger partial charge in [0.25, 0.3) is 0 Å². The maximum atomic E-state index is 11.7. The lowest BCUT2D eigenvalue weighted by molar-refractivity contribution is -0.132. The van der Waals surface area contributed by atoms with E-state index >= 15 is 0 Å². The summed E-state index contributed by atoms with van der Waals surface area (Å²) in [6.45, 7) is 1.47. The molecule has 0 saturated heterocycles. The number of nitriles is 1. The largest absolute Gasteiger partial charge is 0.485 e. The van der Waals surface area contributed by atoms with Crippen LogP contribution in [0.3, 0.4) is 0 Å². The molecule has 0 radical (unpaired) electrons. The van der Waals surface area contributed by atoms with E-state index < -0.39 is 11.4 Å². The van der Waals surface area contributed by atoms with Gasteiger partial charge in [0.05, 0.1) is 24.9 Å². The summed E-state index contributed by atoms with van der Waals surface area (Å²) in [4.78, 5) is 14.7. The van der Waals surface area contributed by atoms with Crippen molar-refractivity contribution in [3.63, 3.8) is 0 Å². The topological polar surface area (TPSA) is 98.0 Å². The van der Waals surface area contributed by atoms with Crippen LogP contribution in [0.5, 0.6) is 23.0 Å². The first-order valence-corrected chi connectivity index (χ1v) is 17.9. The zero-order valence-corrected chi connectivity index (χ0v) is 28.0. The van der Waals surface area contributed by atoms with Crippen molar-refractivity contribution in [3.8, 4) is 71.5 Å². The van der Waals surface area contributed by atoms with Crippen LogP contribution in [0.1, 0.15) is 27.1 Å². The fourth-order valence-electron chi connectivity index (χ4n) is 8.02. The molecule has 6 aromatic rings. The molecule has 1 N–H and O–H groups in total. The van der Waals surface area contributed by atoms with E-state index in [1.54, 1.807) is 17.4 Å². The third-order valence-electron chi connectivity index (χ3n) is 9.92. The quantitative estimate of drug-likeness (QED) is 0.145. The molecule has 2 aliphatic carbocycles. The molecule has 7 nitrogen and oxygen atoms in total. The van der Waals surface area contributed by atoms with Gasteiger partial charge in [-0.05, 0) is 62.2 Å². The summed E-state index contributed by atoms with van der Waals surface area (Å²) in [5, 5.41) is 19.0. The van der Waals surface area contributed by atoms with Gasteiger partial charge in [0, 0.05) is 0 Å². The van der Waals surface area contributed by atoms with E-state index in [1.807, 2.05) is 0 Å². The first kappa shape index (κ1) is 29.1. The Morgan fingerprint density at radius 1 is 0.640 bits per heavy atom. The molecule has 4 heterocycles. The summed E-state index contributed by atoms with van der Waals surface area (Å²) >= 11 is 2.87. The monoisotopic (exact) mass is 691 g/mol. The van der Waals surface area contributed by atoms with Crippen LogP contribution in [0.25, 0.3) is 48.5 Å². The molecule has 0 amide bonds. The SMILES string of the molecule is N#C/C(=C\c1sc(-c2sc(-c3ccc4c(c3)C3(c5ccccc5-c5ccccc53)c3ccccc3-4)c3c2OCCO3)c2c1OCCO2)C(=O)O. The van der Waals surface area contributed by atoms with Gasteiger partial charge in [0.1, 0.15) is 38.1 Å². The van der Waals surface area contributed by atoms with Gasteiger partial charge in [-0.25, -0.2) is 4.79 Å². The molecule has 50 heavy (non-hydrogen) atoms. The lowest BCUT2D eigenvalue weighted by atomic mass is 9.70. The fourth-order valence-corrected chi connectivity index (χ4v) is 10.5. The van der Waals surface area contributed by atoms with Gasteiger partial charge in [-0.1, -0.05) is 84.9 Å². The molecular weight excluding hydrogens is 667 g/mol. The highest BCUT2D eigenvalue weighted by Gasteiger charge is 2.51. The second-order valence-corrected chi connectivity index (χ2v) is 14.5. The zero-order valence-electron chi connectivity index (χ0n) is 26.3. The van der Waals surface area contributed by atoms with E-state index in [0.29, 0.717) is 54.3 Å². The number of ether oxygens (including phenoxy) is 4. The van der Waals surface area contributed by atoms with Crippen LogP contribution >= 0.6 is 22.7 Å². The van der Waals surface area contributed by atoms with Crippen molar-refractivity contribution in [3.05, 3.63) is 124 Å². The number of benzene rings is 4. The highest BCUT2D eigenvalue weighted by atomic mass is 32.1. The van der Waals surface area contributed by atoms with E-state index in [9.17, 15) is 15.2 Å². The third-order valence-corrected chi connectivity index (χ3v) is 12.4. The highest BCUT2D eigenvalue weighted by Crippen LogP contribution is 2.64. The van der Waals surface area contributed by atoms with Crippen LogP contribution in [-0.4, -0.2) is 37.5 Å². The minimum Gasteiger partial charge on any atom is -0.485 e. The smallest absolute Gasteiger partial charge is 0.346 e. The van der Waals surface area contributed by atoms with Crippen molar-refractivity contribution in [1.29, 1.82) is 5.26 Å². The lowest BCUT2D eigenvalue weighted by Gasteiger charge is -2.30. The van der Waals surface area contributed by atoms with Crippen LogP contribution in [-0.2, 0) is 10.2 Å². The Balaban J connectivity index is 1.20. The van der Waals surface area contributed by atoms with Crippen molar-refractivity contribution in [2.24, 2.45) is 0 Å². The van der Waals surface area contributed by atoms with Crippen molar-refractivity contribution in [2.75, 3.05) is 26.4 Å². The molecule has 1 spiro atoms. The third kappa shape index (κ3) is 3.86. The summed E-state index contributed by atoms with van der Waals surface area (Å²) in [7, 11) is 0. The molecule has 0 fully saturated rings. The highest BCUT2D eigenvalue weighted by molar-refractivity contribution is 7.25. The Morgan fingerprint density at radius 3 is 1.68 bits per heavy atom. The molecule has 4 aromatic carbocycles. The first-order chi connectivity index (χ1) is 24.6. The number of rotatable bonds is 4. The molecule has 0 bridgehead atoms. The molecule has 242 valence electrons. The first-order valence-electron chi connectivity index (χ1n) is 16.2. The van der Waals surface area contributed by atoms with Gasteiger partial charge in [0.15, 0.2) is 23.0 Å². The number of aliphatic carboxylic acids is 1. The van der Waals surface area contributed by atoms with Crippen LogP contribution < -0.4 is 18.9 Å². The Kier molecular flexibility index (Phi) is 6.32. The second kappa shape index (κ2) is 10.8. The van der Waals surface area contributed by atoms with Gasteiger partial charge in [-0.2, -0.15) is 5.26 Å². The predicted octanol–water partition coefficient (Wildman–Crippen LogP) is 9.02. The van der Waals surface area contributed by atoms with Crippen LogP contribution in [0.2, 0.25) is 0 Å². The van der Waals surface area contributed by atoms with Crippen LogP contribution in [0, 0.1) is 11.3 Å². The Labute approximate surface area is 294 Å². The minimum atomic E-state index is -1.30. The molecule has 2 aromatic heterocycles. The summed E-state index contributed by atoms with van der Waals surface area (Å²) < 4.78 is 24.8. The normalized spacial score (nSPS) is 15.5. The molecule has 0 saturated carbocycles. The number of carboxylic acids is 1. The van der Waals surface area contributed by atoms with Gasteiger partial charge in [0.2, 0.25) is 0 Å². The van der Waals surface area contributed by atoms with E-state index in [-0.39, 0.29) is 5.57 Å². The predicted molar refractivity (Wildman–Crippen MR) is 193 cm³/mol. The maximum absolute atomic E-state index is 11.7. The summed E-state index contributed by atoms with van der Waals surface area (Å²) in [6, 6.07) is 34.7. The molecular formula is C41H25NO6S2. The number of carbonyl (C=O) groups is 1. The molecule has 10 rings (SSSR count). The van der Waals surface area contributed by atoms with Gasteiger partial charge < -0.3 is 24.1 Å². The average molecular weight is 692 g/mol. The van der Waals surface area contributed by atoms with Crippen molar-refractivity contribution in [1.82, 2.24) is 0 Å². The molecule has 0 atom stereocenters. The number of fused-ring (bicyclic) bond motifs is 12. The van der Waals surface area contributed by atoms with Gasteiger partial charge in [-0.15, -0.1) is 22.7 Å². The number of nitrogens with zero attached hydrogens (tertiary/aromatic N) is 1. The lowest BCUT2D eigenvalue weighted by Crippen LogP contribution is -2.25. The number of hydrogen-bond donors (Lipinski definition) is 1. The second-order valence-electron chi connectivity index (χ2n) is 12.4. The molecule has 9 heteroatoms.